The largest absolute Gasteiger partial charge is 0.356 e. The van der Waals surface area contributed by atoms with Crippen LogP contribution in [0.2, 0.25) is 0 Å². The van der Waals surface area contributed by atoms with E-state index in [1.54, 1.807) is 19.1 Å². The number of hydrogen-bond acceptors (Lipinski definition) is 4. The highest BCUT2D eigenvalue weighted by Crippen LogP contribution is 2.18. The number of carbonyl (C=O) groups excluding carboxylic acids is 2. The van der Waals surface area contributed by atoms with E-state index in [-0.39, 0.29) is 18.2 Å². The van der Waals surface area contributed by atoms with Crippen LogP contribution >= 0.6 is 0 Å². The van der Waals surface area contributed by atoms with Gasteiger partial charge in [0.15, 0.2) is 0 Å². The Hall–Kier alpha value is -3.93. The van der Waals surface area contributed by atoms with Crippen molar-refractivity contribution in [3.8, 4) is 0 Å². The minimum absolute atomic E-state index is 0.0814. The summed E-state index contributed by atoms with van der Waals surface area (Å²) in [6.45, 7) is 3.56. The summed E-state index contributed by atoms with van der Waals surface area (Å²) in [5.41, 5.74) is 7.05. The quantitative estimate of drug-likeness (QED) is 0.391. The van der Waals surface area contributed by atoms with Crippen LogP contribution in [0.4, 0.5) is 17.1 Å². The summed E-state index contributed by atoms with van der Waals surface area (Å²) in [7, 11) is 0. The van der Waals surface area contributed by atoms with Gasteiger partial charge in [0.25, 0.3) is 5.91 Å². The van der Waals surface area contributed by atoms with Gasteiger partial charge in [0.05, 0.1) is 6.42 Å². The van der Waals surface area contributed by atoms with E-state index in [1.807, 2.05) is 73.7 Å². The molecule has 0 heterocycles. The van der Waals surface area contributed by atoms with E-state index in [2.05, 4.69) is 21.2 Å². The molecule has 0 saturated carbocycles. The van der Waals surface area contributed by atoms with Gasteiger partial charge < -0.3 is 10.6 Å². The number of hydrazone groups is 1. The van der Waals surface area contributed by atoms with E-state index in [0.29, 0.717) is 17.0 Å². The minimum atomic E-state index is -0.297. The first-order valence-electron chi connectivity index (χ1n) is 9.62. The number of hydrogen-bond donors (Lipinski definition) is 3. The Morgan fingerprint density at radius 1 is 0.800 bits per heavy atom. The van der Waals surface area contributed by atoms with Gasteiger partial charge >= 0.3 is 0 Å². The van der Waals surface area contributed by atoms with Crippen molar-refractivity contribution < 1.29 is 9.59 Å². The van der Waals surface area contributed by atoms with Crippen molar-refractivity contribution in [2.45, 2.75) is 20.3 Å². The van der Waals surface area contributed by atoms with Crippen molar-refractivity contribution >= 4 is 34.6 Å². The van der Waals surface area contributed by atoms with Gasteiger partial charge in [-0.05, 0) is 61.9 Å². The van der Waals surface area contributed by atoms with Gasteiger partial charge in [0.1, 0.15) is 0 Å². The molecule has 0 saturated heterocycles. The highest BCUT2D eigenvalue weighted by atomic mass is 16.2. The van der Waals surface area contributed by atoms with Crippen LogP contribution in [-0.4, -0.2) is 17.5 Å². The summed E-state index contributed by atoms with van der Waals surface area (Å²) >= 11 is 0. The first kappa shape index (κ1) is 20.8. The van der Waals surface area contributed by atoms with Crippen LogP contribution in [0.3, 0.4) is 0 Å². The van der Waals surface area contributed by atoms with Crippen LogP contribution in [0.1, 0.15) is 29.3 Å². The van der Waals surface area contributed by atoms with Crippen LogP contribution in [0.5, 0.6) is 0 Å². The molecule has 0 radical (unpaired) electrons. The summed E-state index contributed by atoms with van der Waals surface area (Å²) in [5, 5.41) is 10.2. The van der Waals surface area contributed by atoms with Gasteiger partial charge in [-0.3, -0.25) is 9.59 Å². The van der Waals surface area contributed by atoms with Gasteiger partial charge in [0, 0.05) is 28.3 Å². The smallest absolute Gasteiger partial charge is 0.271 e. The highest BCUT2D eigenvalue weighted by Gasteiger charge is 2.09. The molecule has 3 aromatic carbocycles. The first-order chi connectivity index (χ1) is 14.5. The Labute approximate surface area is 176 Å². The van der Waals surface area contributed by atoms with Crippen LogP contribution < -0.4 is 16.1 Å². The fraction of sp³-hybridized carbons (Fsp3) is 0.125. The molecule has 3 N–H and O–H groups in total. The van der Waals surface area contributed by atoms with Gasteiger partial charge in [0.2, 0.25) is 5.91 Å². The summed E-state index contributed by atoms with van der Waals surface area (Å²) in [5.74, 6) is -0.500. The van der Waals surface area contributed by atoms with Gasteiger partial charge in [-0.15, -0.1) is 0 Å². The molecule has 0 spiro atoms. The molecule has 0 atom stereocenters. The van der Waals surface area contributed by atoms with Crippen molar-refractivity contribution in [2.24, 2.45) is 5.10 Å². The average molecular weight is 400 g/mol. The second kappa shape index (κ2) is 10.0. The summed E-state index contributed by atoms with van der Waals surface area (Å²) in [6.07, 6.45) is 0.0814. The maximum absolute atomic E-state index is 12.2. The molecular formula is C24H24N4O2. The maximum atomic E-state index is 12.2. The van der Waals surface area contributed by atoms with Crippen molar-refractivity contribution in [2.75, 3.05) is 10.6 Å². The molecular weight excluding hydrogens is 376 g/mol. The molecule has 0 aromatic heterocycles. The topological polar surface area (TPSA) is 82.6 Å². The molecule has 152 valence electrons. The molecule has 0 aliphatic heterocycles. The zero-order chi connectivity index (χ0) is 21.3. The standard InChI is InChI=1S/C24H24N4O2/c1-17-8-6-7-11-22(17)24(30)28-27-18(2)16-23(29)26-21-14-12-20(13-15-21)25-19-9-4-3-5-10-19/h3-15,25H,16H2,1-2H3,(H,26,29)(H,28,30)/b27-18+. The normalized spacial score (nSPS) is 10.9. The van der Waals surface area contributed by atoms with Crippen molar-refractivity contribution in [1.82, 2.24) is 5.43 Å². The minimum Gasteiger partial charge on any atom is -0.356 e. The Kier molecular flexibility index (Phi) is 6.95. The SMILES string of the molecule is C/C(CC(=O)Nc1ccc(Nc2ccccc2)cc1)=N\NC(=O)c1ccccc1C. The molecule has 0 aliphatic carbocycles. The lowest BCUT2D eigenvalue weighted by Gasteiger charge is -2.09. The monoisotopic (exact) mass is 400 g/mol. The highest BCUT2D eigenvalue weighted by molar-refractivity contribution is 6.06. The van der Waals surface area contributed by atoms with Crippen LogP contribution in [0, 0.1) is 6.92 Å². The summed E-state index contributed by atoms with van der Waals surface area (Å²) in [6, 6.07) is 24.6. The lowest BCUT2D eigenvalue weighted by molar-refractivity contribution is -0.115. The zero-order valence-electron chi connectivity index (χ0n) is 17.0. The average Bonchev–Trinajstić information content (AvgIpc) is 2.74. The Balaban J connectivity index is 1.50. The van der Waals surface area contributed by atoms with E-state index < -0.39 is 0 Å². The number of nitrogens with zero attached hydrogens (tertiary/aromatic N) is 1. The number of nitrogens with one attached hydrogen (secondary N) is 3. The number of aryl methyl sites for hydroxylation is 1. The number of para-hydroxylation sites is 1. The van der Waals surface area contributed by atoms with Crippen LogP contribution in [0.15, 0.2) is 84.0 Å². The summed E-state index contributed by atoms with van der Waals surface area (Å²) < 4.78 is 0. The second-order valence-corrected chi connectivity index (χ2v) is 6.90. The molecule has 30 heavy (non-hydrogen) atoms. The van der Waals surface area contributed by atoms with E-state index in [4.69, 9.17) is 0 Å². The third-order valence-electron chi connectivity index (χ3n) is 4.39. The van der Waals surface area contributed by atoms with E-state index in [0.717, 1.165) is 16.9 Å². The number of anilines is 3. The third kappa shape index (κ3) is 6.04. The van der Waals surface area contributed by atoms with E-state index in [1.165, 1.54) is 0 Å². The van der Waals surface area contributed by atoms with Gasteiger partial charge in [-0.1, -0.05) is 36.4 Å². The fourth-order valence-corrected chi connectivity index (χ4v) is 2.84. The lowest BCUT2D eigenvalue weighted by atomic mass is 10.1. The molecule has 3 aromatic rings. The maximum Gasteiger partial charge on any atom is 0.271 e. The molecule has 0 aliphatic rings. The van der Waals surface area contributed by atoms with Crippen LogP contribution in [-0.2, 0) is 4.79 Å². The van der Waals surface area contributed by atoms with E-state index in [9.17, 15) is 9.59 Å². The predicted octanol–water partition coefficient (Wildman–Crippen LogP) is 4.87. The van der Waals surface area contributed by atoms with Crippen molar-refractivity contribution in [3.05, 3.63) is 90.0 Å². The van der Waals surface area contributed by atoms with Crippen molar-refractivity contribution in [1.29, 1.82) is 0 Å². The molecule has 3 rings (SSSR count). The molecule has 6 nitrogen and oxygen atoms in total. The number of carbonyl (C=O) groups is 2. The molecule has 0 bridgehead atoms. The molecule has 6 heteroatoms. The molecule has 0 fully saturated rings. The van der Waals surface area contributed by atoms with Crippen molar-refractivity contribution in [3.63, 3.8) is 0 Å². The lowest BCUT2D eigenvalue weighted by Crippen LogP contribution is -2.22. The fourth-order valence-electron chi connectivity index (χ4n) is 2.84. The summed E-state index contributed by atoms with van der Waals surface area (Å²) in [4.78, 5) is 24.4. The Morgan fingerprint density at radius 2 is 1.40 bits per heavy atom. The van der Waals surface area contributed by atoms with Crippen LogP contribution in [0.25, 0.3) is 0 Å². The predicted molar refractivity (Wildman–Crippen MR) is 121 cm³/mol. The first-order valence-corrected chi connectivity index (χ1v) is 9.62. The molecule has 0 unspecified atom stereocenters. The third-order valence-corrected chi connectivity index (χ3v) is 4.39. The molecule has 2 amide bonds. The Bertz CT molecular complexity index is 1040. The number of amides is 2. The zero-order valence-corrected chi connectivity index (χ0v) is 17.0. The Morgan fingerprint density at radius 3 is 2.10 bits per heavy atom. The van der Waals surface area contributed by atoms with Gasteiger partial charge in [-0.2, -0.15) is 5.10 Å². The second-order valence-electron chi connectivity index (χ2n) is 6.90. The van der Waals surface area contributed by atoms with Gasteiger partial charge in [-0.25, -0.2) is 5.43 Å². The number of benzene rings is 3. The number of rotatable bonds is 7. The van der Waals surface area contributed by atoms with E-state index >= 15 is 0 Å².